The minimum Gasteiger partial charge on any atom is -0.435 e. The normalized spacial score (nSPS) is 10.6. The van der Waals surface area contributed by atoms with Crippen molar-refractivity contribution in [1.82, 2.24) is 10.2 Å². The van der Waals surface area contributed by atoms with Gasteiger partial charge in [0.25, 0.3) is 5.91 Å². The van der Waals surface area contributed by atoms with Crippen LogP contribution in [0.1, 0.15) is 15.2 Å². The minimum atomic E-state index is -2.97. The Kier molecular flexibility index (Phi) is 6.89. The van der Waals surface area contributed by atoms with Crippen molar-refractivity contribution in [2.75, 3.05) is 13.6 Å². The van der Waals surface area contributed by atoms with Gasteiger partial charge in [0.2, 0.25) is 5.91 Å². The van der Waals surface area contributed by atoms with E-state index in [-0.39, 0.29) is 23.8 Å². The number of carbonyl (C=O) groups is 2. The van der Waals surface area contributed by atoms with Crippen LogP contribution in [0.2, 0.25) is 0 Å². The van der Waals surface area contributed by atoms with Crippen LogP contribution in [-0.4, -0.2) is 36.9 Å². The van der Waals surface area contributed by atoms with Gasteiger partial charge < -0.3 is 15.0 Å². The largest absolute Gasteiger partial charge is 0.435 e. The second-order valence-electron chi connectivity index (χ2n) is 5.04. The van der Waals surface area contributed by atoms with E-state index in [1.54, 1.807) is 7.05 Å². The Bertz CT molecular complexity index is 754. The average molecular weight is 433 g/mol. The molecule has 0 unspecified atom stereocenters. The third-order valence-electron chi connectivity index (χ3n) is 3.17. The lowest BCUT2D eigenvalue weighted by Gasteiger charge is -2.16. The molecule has 0 fully saturated rings. The Morgan fingerprint density at radius 3 is 2.72 bits per heavy atom. The molecule has 9 heteroatoms. The number of halogens is 3. The molecule has 0 radical (unpaired) electrons. The molecule has 0 atom stereocenters. The van der Waals surface area contributed by atoms with Crippen LogP contribution in [0.5, 0.6) is 5.75 Å². The van der Waals surface area contributed by atoms with Crippen LogP contribution in [0.4, 0.5) is 8.78 Å². The summed E-state index contributed by atoms with van der Waals surface area (Å²) in [6.07, 6.45) is 0. The standard InChI is InChI=1S/C16H15BrF2N2O3S/c1-21(9-12-5-6-13(17)25-12)14(22)8-20-15(23)10-3-2-4-11(7-10)24-16(18)19/h2-7,16H,8-9H2,1H3,(H,20,23). The summed E-state index contributed by atoms with van der Waals surface area (Å²) < 4.78 is 29.6. The lowest BCUT2D eigenvalue weighted by Crippen LogP contribution is -2.37. The second kappa shape index (κ2) is 8.91. The van der Waals surface area contributed by atoms with Gasteiger partial charge in [0.05, 0.1) is 16.9 Å². The first-order valence-electron chi connectivity index (χ1n) is 7.16. The quantitative estimate of drug-likeness (QED) is 0.728. The van der Waals surface area contributed by atoms with E-state index in [1.807, 2.05) is 12.1 Å². The molecule has 1 aromatic heterocycles. The third kappa shape index (κ3) is 6.09. The van der Waals surface area contributed by atoms with Crippen molar-refractivity contribution in [2.45, 2.75) is 13.2 Å². The smallest absolute Gasteiger partial charge is 0.387 e. The molecule has 0 aliphatic rings. The highest BCUT2D eigenvalue weighted by Crippen LogP contribution is 2.23. The van der Waals surface area contributed by atoms with Gasteiger partial charge in [0, 0.05) is 17.5 Å². The Morgan fingerprint density at radius 1 is 1.32 bits per heavy atom. The van der Waals surface area contributed by atoms with Crippen LogP contribution in [0, 0.1) is 0 Å². The molecule has 0 saturated heterocycles. The Labute approximate surface area is 155 Å². The van der Waals surface area contributed by atoms with Crippen molar-refractivity contribution < 1.29 is 23.1 Å². The molecule has 1 aromatic carbocycles. The van der Waals surface area contributed by atoms with Gasteiger partial charge in [-0.15, -0.1) is 11.3 Å². The molecule has 134 valence electrons. The van der Waals surface area contributed by atoms with Gasteiger partial charge in [-0.25, -0.2) is 0 Å². The summed E-state index contributed by atoms with van der Waals surface area (Å²) in [5, 5.41) is 2.47. The summed E-state index contributed by atoms with van der Waals surface area (Å²) in [6.45, 7) is -2.73. The van der Waals surface area contributed by atoms with Crippen molar-refractivity contribution in [3.63, 3.8) is 0 Å². The number of likely N-dealkylation sites (N-methyl/N-ethyl adjacent to an activating group) is 1. The molecule has 0 aliphatic carbocycles. The Morgan fingerprint density at radius 2 is 2.08 bits per heavy atom. The maximum absolute atomic E-state index is 12.2. The highest BCUT2D eigenvalue weighted by Gasteiger charge is 2.14. The number of thiophene rings is 1. The van der Waals surface area contributed by atoms with Gasteiger partial charge >= 0.3 is 6.61 Å². The Hall–Kier alpha value is -2.00. The number of alkyl halides is 2. The van der Waals surface area contributed by atoms with E-state index >= 15 is 0 Å². The van der Waals surface area contributed by atoms with Crippen molar-refractivity contribution >= 4 is 39.1 Å². The summed E-state index contributed by atoms with van der Waals surface area (Å²) in [7, 11) is 1.64. The molecule has 1 heterocycles. The summed E-state index contributed by atoms with van der Waals surface area (Å²) >= 11 is 4.88. The predicted molar refractivity (Wildman–Crippen MR) is 93.9 cm³/mol. The fraction of sp³-hybridized carbons (Fsp3) is 0.250. The third-order valence-corrected chi connectivity index (χ3v) is 4.78. The molecular weight excluding hydrogens is 418 g/mol. The number of nitrogens with one attached hydrogen (secondary N) is 1. The molecule has 0 aliphatic heterocycles. The minimum absolute atomic E-state index is 0.116. The maximum Gasteiger partial charge on any atom is 0.387 e. The number of nitrogens with zero attached hydrogens (tertiary/aromatic N) is 1. The molecule has 0 spiro atoms. The number of hydrogen-bond donors (Lipinski definition) is 1. The number of carbonyl (C=O) groups excluding carboxylic acids is 2. The molecule has 2 rings (SSSR count). The van der Waals surface area contributed by atoms with E-state index in [0.29, 0.717) is 6.54 Å². The molecular formula is C16H15BrF2N2O3S. The first-order valence-corrected chi connectivity index (χ1v) is 8.77. The van der Waals surface area contributed by atoms with E-state index in [9.17, 15) is 18.4 Å². The lowest BCUT2D eigenvalue weighted by atomic mass is 10.2. The number of hydrogen-bond acceptors (Lipinski definition) is 4. The molecule has 25 heavy (non-hydrogen) atoms. The van der Waals surface area contributed by atoms with Crippen molar-refractivity contribution in [3.05, 3.63) is 50.6 Å². The van der Waals surface area contributed by atoms with Gasteiger partial charge in [-0.05, 0) is 46.3 Å². The zero-order chi connectivity index (χ0) is 18.4. The van der Waals surface area contributed by atoms with Crippen LogP contribution in [0.25, 0.3) is 0 Å². The summed E-state index contributed by atoms with van der Waals surface area (Å²) in [4.78, 5) is 26.6. The Balaban J connectivity index is 1.87. The van der Waals surface area contributed by atoms with Gasteiger partial charge in [0.1, 0.15) is 5.75 Å². The summed E-state index contributed by atoms with van der Waals surface area (Å²) in [5.74, 6) is -0.924. The van der Waals surface area contributed by atoms with Crippen LogP contribution < -0.4 is 10.1 Å². The summed E-state index contributed by atoms with van der Waals surface area (Å²) in [5.41, 5.74) is 0.135. The fourth-order valence-electron chi connectivity index (χ4n) is 1.97. The molecule has 5 nitrogen and oxygen atoms in total. The van der Waals surface area contributed by atoms with E-state index < -0.39 is 12.5 Å². The first-order chi connectivity index (χ1) is 11.8. The highest BCUT2D eigenvalue weighted by molar-refractivity contribution is 9.11. The zero-order valence-electron chi connectivity index (χ0n) is 13.2. The van der Waals surface area contributed by atoms with Crippen LogP contribution in [0.3, 0.4) is 0 Å². The molecule has 1 N–H and O–H groups in total. The summed E-state index contributed by atoms with van der Waals surface area (Å²) in [6, 6.07) is 9.19. The van der Waals surface area contributed by atoms with Gasteiger partial charge in [-0.1, -0.05) is 6.07 Å². The number of amides is 2. The van der Waals surface area contributed by atoms with E-state index in [4.69, 9.17) is 0 Å². The van der Waals surface area contributed by atoms with Gasteiger partial charge in [-0.3, -0.25) is 9.59 Å². The lowest BCUT2D eigenvalue weighted by molar-refractivity contribution is -0.129. The van der Waals surface area contributed by atoms with Crippen molar-refractivity contribution in [3.8, 4) is 5.75 Å². The van der Waals surface area contributed by atoms with Gasteiger partial charge in [0.15, 0.2) is 0 Å². The SMILES string of the molecule is CN(Cc1ccc(Br)s1)C(=O)CNC(=O)c1cccc(OC(F)F)c1. The first kappa shape index (κ1) is 19.3. The zero-order valence-corrected chi connectivity index (χ0v) is 15.6. The van der Waals surface area contributed by atoms with Crippen molar-refractivity contribution in [2.24, 2.45) is 0 Å². The molecule has 0 bridgehead atoms. The number of rotatable bonds is 7. The van der Waals surface area contributed by atoms with Crippen LogP contribution in [-0.2, 0) is 11.3 Å². The number of benzene rings is 1. The number of ether oxygens (including phenoxy) is 1. The van der Waals surface area contributed by atoms with E-state index in [2.05, 4.69) is 26.0 Å². The average Bonchev–Trinajstić information content (AvgIpc) is 2.96. The van der Waals surface area contributed by atoms with Gasteiger partial charge in [-0.2, -0.15) is 8.78 Å². The predicted octanol–water partition coefficient (Wildman–Crippen LogP) is 3.50. The van der Waals surface area contributed by atoms with Crippen molar-refractivity contribution in [1.29, 1.82) is 0 Å². The monoisotopic (exact) mass is 432 g/mol. The van der Waals surface area contributed by atoms with E-state index in [0.717, 1.165) is 8.66 Å². The fourth-order valence-corrected chi connectivity index (χ4v) is 3.50. The highest BCUT2D eigenvalue weighted by atomic mass is 79.9. The second-order valence-corrected chi connectivity index (χ2v) is 7.59. The van der Waals surface area contributed by atoms with Crippen LogP contribution >= 0.6 is 27.3 Å². The van der Waals surface area contributed by atoms with E-state index in [1.165, 1.54) is 40.5 Å². The van der Waals surface area contributed by atoms with Crippen LogP contribution in [0.15, 0.2) is 40.2 Å². The molecule has 2 aromatic rings. The molecule has 2 amide bonds. The molecule has 0 saturated carbocycles. The maximum atomic E-state index is 12.2. The topological polar surface area (TPSA) is 58.6 Å².